The van der Waals surface area contributed by atoms with Crippen LogP contribution in [0.5, 0.6) is 0 Å². The third kappa shape index (κ3) is 2.13. The van der Waals surface area contributed by atoms with E-state index < -0.39 is 0 Å². The van der Waals surface area contributed by atoms with Crippen LogP contribution in [-0.4, -0.2) is 5.78 Å². The van der Waals surface area contributed by atoms with E-state index in [0.29, 0.717) is 12.2 Å². The van der Waals surface area contributed by atoms with Crippen LogP contribution in [0.3, 0.4) is 0 Å². The van der Waals surface area contributed by atoms with E-state index in [0.717, 1.165) is 8.66 Å². The molecule has 0 atom stereocenters. The first kappa shape index (κ1) is 9.68. The van der Waals surface area contributed by atoms with Gasteiger partial charge in [-0.25, -0.2) is 0 Å². The maximum absolute atomic E-state index is 11.6. The van der Waals surface area contributed by atoms with Crippen LogP contribution in [-0.2, 0) is 6.42 Å². The molecule has 2 aromatic heterocycles. The molecule has 0 N–H and O–H groups in total. The van der Waals surface area contributed by atoms with E-state index in [1.165, 1.54) is 6.26 Å². The second-order valence-corrected chi connectivity index (χ2v) is 5.33. The van der Waals surface area contributed by atoms with Crippen molar-refractivity contribution in [2.75, 3.05) is 0 Å². The molecule has 0 aliphatic rings. The smallest absolute Gasteiger partial charge is 0.203 e. The summed E-state index contributed by atoms with van der Waals surface area (Å²) in [6.45, 7) is 0. The first-order chi connectivity index (χ1) is 6.75. The van der Waals surface area contributed by atoms with Gasteiger partial charge in [0.1, 0.15) is 0 Å². The Bertz CT molecular complexity index is 431. The van der Waals surface area contributed by atoms with Crippen LogP contribution in [0.25, 0.3) is 0 Å². The van der Waals surface area contributed by atoms with E-state index in [1.807, 2.05) is 12.1 Å². The minimum atomic E-state index is 0.0179. The molecule has 0 saturated carbocycles. The molecular weight excluding hydrogens is 264 g/mol. The number of Topliss-reactive ketones (excluding diaryl/α,β-unsaturated/α-hetero) is 1. The van der Waals surface area contributed by atoms with E-state index >= 15 is 0 Å². The van der Waals surface area contributed by atoms with Crippen LogP contribution in [0.1, 0.15) is 15.4 Å². The van der Waals surface area contributed by atoms with Crippen molar-refractivity contribution in [3.63, 3.8) is 0 Å². The van der Waals surface area contributed by atoms with Gasteiger partial charge >= 0.3 is 0 Å². The highest BCUT2D eigenvalue weighted by Gasteiger charge is 2.10. The summed E-state index contributed by atoms with van der Waals surface area (Å²) in [5.41, 5.74) is 0. The van der Waals surface area contributed by atoms with Crippen LogP contribution in [0.15, 0.2) is 38.7 Å². The molecule has 0 radical (unpaired) electrons. The van der Waals surface area contributed by atoms with E-state index in [2.05, 4.69) is 15.9 Å². The first-order valence-corrected chi connectivity index (χ1v) is 5.67. The highest BCUT2D eigenvalue weighted by Crippen LogP contribution is 2.23. The van der Waals surface area contributed by atoms with Crippen LogP contribution in [0.4, 0.5) is 0 Å². The van der Waals surface area contributed by atoms with E-state index in [-0.39, 0.29) is 5.78 Å². The van der Waals surface area contributed by atoms with Crippen molar-refractivity contribution in [3.05, 3.63) is 45.0 Å². The Labute approximate surface area is 93.7 Å². The van der Waals surface area contributed by atoms with Crippen LogP contribution < -0.4 is 0 Å². The second kappa shape index (κ2) is 4.11. The Kier molecular flexibility index (Phi) is 2.84. The predicted molar refractivity (Wildman–Crippen MR) is 58.8 cm³/mol. The lowest BCUT2D eigenvalue weighted by Crippen LogP contribution is -1.99. The van der Waals surface area contributed by atoms with Gasteiger partial charge in [-0.15, -0.1) is 11.3 Å². The maximum atomic E-state index is 11.6. The largest absolute Gasteiger partial charge is 0.461 e. The summed E-state index contributed by atoms with van der Waals surface area (Å²) in [5.74, 6) is 0.443. The van der Waals surface area contributed by atoms with Gasteiger partial charge in [0, 0.05) is 11.3 Å². The van der Waals surface area contributed by atoms with Gasteiger partial charge in [-0.3, -0.25) is 4.79 Å². The summed E-state index contributed by atoms with van der Waals surface area (Å²) in [7, 11) is 0. The van der Waals surface area contributed by atoms with Gasteiger partial charge in [0.2, 0.25) is 5.78 Å². The zero-order valence-corrected chi connectivity index (χ0v) is 9.60. The van der Waals surface area contributed by atoms with Crippen molar-refractivity contribution >= 4 is 33.0 Å². The van der Waals surface area contributed by atoms with E-state index in [1.54, 1.807) is 23.5 Å². The van der Waals surface area contributed by atoms with Crippen molar-refractivity contribution in [1.29, 1.82) is 0 Å². The topological polar surface area (TPSA) is 30.2 Å². The molecule has 2 aromatic rings. The molecule has 0 aliphatic heterocycles. The number of thiophene rings is 1. The van der Waals surface area contributed by atoms with Crippen molar-refractivity contribution < 1.29 is 9.21 Å². The van der Waals surface area contributed by atoms with Gasteiger partial charge in [-0.2, -0.15) is 0 Å². The van der Waals surface area contributed by atoms with Gasteiger partial charge < -0.3 is 4.42 Å². The van der Waals surface area contributed by atoms with Gasteiger partial charge in [0.05, 0.1) is 10.0 Å². The molecule has 0 aromatic carbocycles. The number of ketones is 1. The number of rotatable bonds is 3. The molecule has 0 saturated heterocycles. The average Bonchev–Trinajstić information content (AvgIpc) is 2.75. The fraction of sp³-hybridized carbons (Fsp3) is 0.100. The highest BCUT2D eigenvalue weighted by molar-refractivity contribution is 9.11. The molecular formula is C10H7BrO2S. The SMILES string of the molecule is O=C(Cc1ccc(Br)s1)c1ccco1. The molecule has 4 heteroatoms. The van der Waals surface area contributed by atoms with Crippen LogP contribution in [0, 0.1) is 0 Å². The molecule has 2 rings (SSSR count). The molecule has 0 fully saturated rings. The van der Waals surface area contributed by atoms with Crippen molar-refractivity contribution in [1.82, 2.24) is 0 Å². The Hall–Kier alpha value is -0.870. The molecule has 2 nitrogen and oxygen atoms in total. The van der Waals surface area contributed by atoms with Crippen LogP contribution >= 0.6 is 27.3 Å². The number of halogens is 1. The molecule has 0 bridgehead atoms. The Morgan fingerprint density at radius 1 is 1.43 bits per heavy atom. The zero-order chi connectivity index (χ0) is 9.97. The fourth-order valence-corrected chi connectivity index (χ4v) is 2.61. The summed E-state index contributed by atoms with van der Waals surface area (Å²) in [6, 6.07) is 7.29. The first-order valence-electron chi connectivity index (χ1n) is 4.06. The third-order valence-corrected chi connectivity index (χ3v) is 3.38. The summed E-state index contributed by atoms with van der Waals surface area (Å²) in [4.78, 5) is 12.6. The quantitative estimate of drug-likeness (QED) is 0.799. The molecule has 14 heavy (non-hydrogen) atoms. The van der Waals surface area contributed by atoms with Gasteiger partial charge in [-0.05, 0) is 40.2 Å². The number of carbonyl (C=O) groups excluding carboxylic acids is 1. The maximum Gasteiger partial charge on any atom is 0.203 e. The fourth-order valence-electron chi connectivity index (χ4n) is 1.13. The average molecular weight is 271 g/mol. The summed E-state index contributed by atoms with van der Waals surface area (Å²) in [6.07, 6.45) is 1.92. The minimum absolute atomic E-state index is 0.0179. The zero-order valence-electron chi connectivity index (χ0n) is 7.20. The Balaban J connectivity index is 2.09. The standard InChI is InChI=1S/C10H7BrO2S/c11-10-4-3-7(14-10)6-8(12)9-2-1-5-13-9/h1-5H,6H2. The van der Waals surface area contributed by atoms with Gasteiger partial charge in [0.15, 0.2) is 5.76 Å². The number of furan rings is 1. The number of carbonyl (C=O) groups is 1. The molecule has 0 unspecified atom stereocenters. The number of hydrogen-bond acceptors (Lipinski definition) is 3. The predicted octanol–water partition coefficient (Wildman–Crippen LogP) is 3.53. The lowest BCUT2D eigenvalue weighted by molar-refractivity contribution is 0.0967. The molecule has 0 amide bonds. The summed E-state index contributed by atoms with van der Waals surface area (Å²) < 4.78 is 6.06. The van der Waals surface area contributed by atoms with Crippen molar-refractivity contribution in [3.8, 4) is 0 Å². The Morgan fingerprint density at radius 2 is 2.29 bits per heavy atom. The van der Waals surface area contributed by atoms with E-state index in [4.69, 9.17) is 4.42 Å². The number of hydrogen-bond donors (Lipinski definition) is 0. The van der Waals surface area contributed by atoms with Crippen molar-refractivity contribution in [2.24, 2.45) is 0 Å². The van der Waals surface area contributed by atoms with Crippen LogP contribution in [0.2, 0.25) is 0 Å². The van der Waals surface area contributed by atoms with E-state index in [9.17, 15) is 4.79 Å². The Morgan fingerprint density at radius 3 is 2.86 bits per heavy atom. The minimum Gasteiger partial charge on any atom is -0.461 e. The molecule has 0 aliphatic carbocycles. The lowest BCUT2D eigenvalue weighted by Gasteiger charge is -1.93. The monoisotopic (exact) mass is 270 g/mol. The summed E-state index contributed by atoms with van der Waals surface area (Å²) in [5, 5.41) is 0. The molecule has 72 valence electrons. The van der Waals surface area contributed by atoms with Crippen molar-refractivity contribution in [2.45, 2.75) is 6.42 Å². The van der Waals surface area contributed by atoms with Gasteiger partial charge in [0.25, 0.3) is 0 Å². The summed E-state index contributed by atoms with van der Waals surface area (Å²) >= 11 is 4.92. The molecule has 0 spiro atoms. The highest BCUT2D eigenvalue weighted by atomic mass is 79.9. The lowest BCUT2D eigenvalue weighted by atomic mass is 10.2. The van der Waals surface area contributed by atoms with Gasteiger partial charge in [-0.1, -0.05) is 0 Å². The molecule has 2 heterocycles. The second-order valence-electron chi connectivity index (χ2n) is 2.78. The third-order valence-electron chi connectivity index (χ3n) is 1.76. The normalized spacial score (nSPS) is 10.4.